The molecule has 2 N–H and O–H groups in total. The number of hydrogen-bond donors (Lipinski definition) is 2. The van der Waals surface area contributed by atoms with Gasteiger partial charge in [-0.15, -0.1) is 0 Å². The van der Waals surface area contributed by atoms with E-state index in [2.05, 4.69) is 20.6 Å². The number of nitrogens with zero attached hydrogens (tertiary/aromatic N) is 2. The fraction of sp³-hybridized carbons (Fsp3) is 0.500. The van der Waals surface area contributed by atoms with Crippen molar-refractivity contribution in [2.45, 2.75) is 12.1 Å². The molecule has 0 radical (unpaired) electrons. The van der Waals surface area contributed by atoms with Gasteiger partial charge in [0.2, 0.25) is 5.91 Å². The van der Waals surface area contributed by atoms with Gasteiger partial charge in [-0.3, -0.25) is 4.79 Å². The molecular weight excluding hydrogens is 224 g/mol. The third-order valence-corrected chi connectivity index (χ3v) is 2.62. The zero-order chi connectivity index (χ0) is 11.6. The summed E-state index contributed by atoms with van der Waals surface area (Å²) in [5.41, 5.74) is 0. The molecule has 0 aromatic carbocycles. The van der Waals surface area contributed by atoms with Crippen molar-refractivity contribution in [3.05, 3.63) is 18.5 Å². The van der Waals surface area contributed by atoms with Crippen LogP contribution in [0.15, 0.2) is 23.6 Å². The quantitative estimate of drug-likeness (QED) is 0.407. The second kappa shape index (κ2) is 8.06. The molecule has 0 fully saturated rings. The van der Waals surface area contributed by atoms with Crippen molar-refractivity contribution >= 4 is 17.7 Å². The summed E-state index contributed by atoms with van der Waals surface area (Å²) in [6.45, 7) is 4.41. The van der Waals surface area contributed by atoms with Crippen molar-refractivity contribution in [3.63, 3.8) is 0 Å². The van der Waals surface area contributed by atoms with Gasteiger partial charge in [0.05, 0.1) is 5.75 Å². The highest BCUT2D eigenvalue weighted by Gasteiger charge is 2.02. The molecule has 0 aliphatic rings. The highest BCUT2D eigenvalue weighted by Crippen LogP contribution is 2.09. The van der Waals surface area contributed by atoms with Crippen LogP contribution in [0.5, 0.6) is 0 Å². The van der Waals surface area contributed by atoms with Gasteiger partial charge in [-0.1, -0.05) is 18.7 Å². The third kappa shape index (κ3) is 5.67. The normalized spacial score (nSPS) is 10.1. The standard InChI is InChI=1S/C10H16N4OS/c1-2-11-6-7-12-9(15)8-16-10-13-4-3-5-14-10/h3-5,11H,2,6-8H2,1H3,(H,12,15). The molecule has 1 rings (SSSR count). The maximum absolute atomic E-state index is 11.4. The van der Waals surface area contributed by atoms with Gasteiger partial charge < -0.3 is 10.6 Å². The number of rotatable bonds is 7. The van der Waals surface area contributed by atoms with E-state index in [1.807, 2.05) is 6.92 Å². The molecule has 1 heterocycles. The predicted molar refractivity (Wildman–Crippen MR) is 64.3 cm³/mol. The Hall–Kier alpha value is -1.14. The van der Waals surface area contributed by atoms with Gasteiger partial charge in [-0.25, -0.2) is 9.97 Å². The van der Waals surface area contributed by atoms with Gasteiger partial charge in [-0.05, 0) is 12.6 Å². The first-order chi connectivity index (χ1) is 7.83. The molecule has 0 aliphatic heterocycles. The molecular formula is C10H16N4OS. The van der Waals surface area contributed by atoms with E-state index < -0.39 is 0 Å². The molecule has 1 aromatic rings. The minimum atomic E-state index is 0.00959. The van der Waals surface area contributed by atoms with Crippen LogP contribution in [0, 0.1) is 0 Å². The Kier molecular flexibility index (Phi) is 6.52. The van der Waals surface area contributed by atoms with Crippen LogP contribution in [0.1, 0.15) is 6.92 Å². The zero-order valence-corrected chi connectivity index (χ0v) is 10.1. The molecule has 16 heavy (non-hydrogen) atoms. The molecule has 0 atom stereocenters. The number of likely N-dealkylation sites (N-methyl/N-ethyl adjacent to an activating group) is 1. The highest BCUT2D eigenvalue weighted by atomic mass is 32.2. The summed E-state index contributed by atoms with van der Waals surface area (Å²) >= 11 is 1.34. The minimum Gasteiger partial charge on any atom is -0.354 e. The predicted octanol–water partition coefficient (Wildman–Crippen LogP) is 0.294. The maximum atomic E-state index is 11.4. The molecule has 0 aliphatic carbocycles. The SMILES string of the molecule is CCNCCNC(=O)CSc1ncccn1. The van der Waals surface area contributed by atoms with Crippen molar-refractivity contribution in [1.82, 2.24) is 20.6 Å². The third-order valence-electron chi connectivity index (χ3n) is 1.75. The van der Waals surface area contributed by atoms with E-state index in [0.29, 0.717) is 17.5 Å². The first kappa shape index (κ1) is 12.9. The molecule has 88 valence electrons. The number of carbonyl (C=O) groups excluding carboxylic acids is 1. The molecule has 1 amide bonds. The smallest absolute Gasteiger partial charge is 0.230 e. The minimum absolute atomic E-state index is 0.00959. The highest BCUT2D eigenvalue weighted by molar-refractivity contribution is 7.99. The van der Waals surface area contributed by atoms with Gasteiger partial charge in [-0.2, -0.15) is 0 Å². The second-order valence-electron chi connectivity index (χ2n) is 3.02. The van der Waals surface area contributed by atoms with Crippen molar-refractivity contribution in [3.8, 4) is 0 Å². The van der Waals surface area contributed by atoms with Crippen LogP contribution in [-0.4, -0.2) is 41.3 Å². The van der Waals surface area contributed by atoms with Crippen LogP contribution < -0.4 is 10.6 Å². The average molecular weight is 240 g/mol. The summed E-state index contributed by atoms with van der Waals surface area (Å²) in [6.07, 6.45) is 3.33. The first-order valence-electron chi connectivity index (χ1n) is 5.20. The largest absolute Gasteiger partial charge is 0.354 e. The van der Waals surface area contributed by atoms with Gasteiger partial charge in [0.15, 0.2) is 5.16 Å². The monoisotopic (exact) mass is 240 g/mol. The van der Waals surface area contributed by atoms with E-state index in [1.165, 1.54) is 11.8 Å². The second-order valence-corrected chi connectivity index (χ2v) is 3.97. The Balaban J connectivity index is 2.11. The van der Waals surface area contributed by atoms with Gasteiger partial charge in [0.1, 0.15) is 0 Å². The van der Waals surface area contributed by atoms with Crippen LogP contribution in [0.4, 0.5) is 0 Å². The van der Waals surface area contributed by atoms with E-state index >= 15 is 0 Å². The molecule has 0 spiro atoms. The molecule has 6 heteroatoms. The zero-order valence-electron chi connectivity index (χ0n) is 9.27. The fourth-order valence-electron chi connectivity index (χ4n) is 1.01. The van der Waals surface area contributed by atoms with Crippen LogP contribution in [-0.2, 0) is 4.79 Å². The van der Waals surface area contributed by atoms with Crippen molar-refractivity contribution in [2.24, 2.45) is 0 Å². The van der Waals surface area contributed by atoms with E-state index in [-0.39, 0.29) is 5.91 Å². The number of nitrogens with one attached hydrogen (secondary N) is 2. The number of thioether (sulfide) groups is 1. The van der Waals surface area contributed by atoms with Gasteiger partial charge in [0.25, 0.3) is 0 Å². The molecule has 5 nitrogen and oxygen atoms in total. The Morgan fingerprint density at radius 1 is 1.38 bits per heavy atom. The lowest BCUT2D eigenvalue weighted by atomic mass is 10.5. The van der Waals surface area contributed by atoms with Gasteiger partial charge in [0, 0.05) is 25.5 Å². The number of amides is 1. The molecule has 0 saturated carbocycles. The lowest BCUT2D eigenvalue weighted by molar-refractivity contribution is -0.118. The lowest BCUT2D eigenvalue weighted by Gasteiger charge is -2.04. The Morgan fingerprint density at radius 3 is 2.81 bits per heavy atom. The van der Waals surface area contributed by atoms with Gasteiger partial charge >= 0.3 is 0 Å². The summed E-state index contributed by atoms with van der Waals surface area (Å²) in [6, 6.07) is 1.75. The first-order valence-corrected chi connectivity index (χ1v) is 6.18. The van der Waals surface area contributed by atoms with E-state index in [9.17, 15) is 4.79 Å². The summed E-state index contributed by atoms with van der Waals surface area (Å²) < 4.78 is 0. The lowest BCUT2D eigenvalue weighted by Crippen LogP contribution is -2.32. The summed E-state index contributed by atoms with van der Waals surface area (Å²) in [7, 11) is 0. The molecule has 0 saturated heterocycles. The van der Waals surface area contributed by atoms with Crippen LogP contribution in [0.2, 0.25) is 0 Å². The van der Waals surface area contributed by atoms with Crippen LogP contribution in [0.3, 0.4) is 0 Å². The van der Waals surface area contributed by atoms with E-state index in [0.717, 1.165) is 13.1 Å². The number of carbonyl (C=O) groups is 1. The number of hydrogen-bond acceptors (Lipinski definition) is 5. The van der Waals surface area contributed by atoms with E-state index in [1.54, 1.807) is 18.5 Å². The van der Waals surface area contributed by atoms with Crippen LogP contribution in [0.25, 0.3) is 0 Å². The topological polar surface area (TPSA) is 66.9 Å². The Morgan fingerprint density at radius 2 is 2.12 bits per heavy atom. The average Bonchev–Trinajstić information content (AvgIpc) is 2.33. The Labute approximate surface area is 99.4 Å². The maximum Gasteiger partial charge on any atom is 0.230 e. The molecule has 0 bridgehead atoms. The summed E-state index contributed by atoms with van der Waals surface area (Å²) in [5.74, 6) is 0.367. The van der Waals surface area contributed by atoms with Crippen LogP contribution >= 0.6 is 11.8 Å². The summed E-state index contributed by atoms with van der Waals surface area (Å²) in [5, 5.41) is 6.57. The number of aromatic nitrogens is 2. The fourth-order valence-corrected chi connectivity index (χ4v) is 1.64. The molecule has 1 aromatic heterocycles. The summed E-state index contributed by atoms with van der Waals surface area (Å²) in [4.78, 5) is 19.4. The van der Waals surface area contributed by atoms with Crippen molar-refractivity contribution < 1.29 is 4.79 Å². The Bertz CT molecular complexity index is 307. The molecule has 0 unspecified atom stereocenters. The van der Waals surface area contributed by atoms with E-state index in [4.69, 9.17) is 0 Å². The van der Waals surface area contributed by atoms with Crippen molar-refractivity contribution in [1.29, 1.82) is 0 Å². The van der Waals surface area contributed by atoms with Crippen molar-refractivity contribution in [2.75, 3.05) is 25.4 Å².